The van der Waals surface area contributed by atoms with E-state index in [1.165, 1.54) is 0 Å². The van der Waals surface area contributed by atoms with E-state index in [-0.39, 0.29) is 12.5 Å². The minimum absolute atomic E-state index is 0.125. The Morgan fingerprint density at radius 1 is 1.17 bits per heavy atom. The van der Waals surface area contributed by atoms with Crippen molar-refractivity contribution < 1.29 is 4.79 Å². The van der Waals surface area contributed by atoms with Crippen LogP contribution in [0.2, 0.25) is 0 Å². The van der Waals surface area contributed by atoms with Gasteiger partial charge >= 0.3 is 0 Å². The Labute approximate surface area is 158 Å². The van der Waals surface area contributed by atoms with E-state index in [1.807, 2.05) is 55.5 Å². The molecule has 0 saturated heterocycles. The fourth-order valence-electron chi connectivity index (χ4n) is 1.95. The van der Waals surface area contributed by atoms with Crippen LogP contribution in [0.4, 0.5) is 5.69 Å². The molecule has 0 radical (unpaired) electrons. The number of rotatable bonds is 6. The lowest BCUT2D eigenvalue weighted by atomic mass is 10.2. The van der Waals surface area contributed by atoms with Crippen molar-refractivity contribution in [2.24, 2.45) is 5.10 Å². The van der Waals surface area contributed by atoms with Crippen molar-refractivity contribution in [1.82, 2.24) is 5.43 Å². The summed E-state index contributed by atoms with van der Waals surface area (Å²) in [5.74, 6) is -0.223. The van der Waals surface area contributed by atoms with E-state index in [4.69, 9.17) is 0 Å². The van der Waals surface area contributed by atoms with Gasteiger partial charge in [0.1, 0.15) is 0 Å². The average Bonchev–Trinajstić information content (AvgIpc) is 2.54. The quantitative estimate of drug-likeness (QED) is 0.493. The number of hydrazone groups is 1. The van der Waals surface area contributed by atoms with Gasteiger partial charge in [0.2, 0.25) is 0 Å². The molecule has 0 aliphatic rings. The molecule has 0 heterocycles. The maximum absolute atomic E-state index is 11.8. The predicted molar refractivity (Wildman–Crippen MR) is 107 cm³/mol. The molecule has 24 heavy (non-hydrogen) atoms. The van der Waals surface area contributed by atoms with Crippen molar-refractivity contribution >= 4 is 55.7 Å². The molecule has 0 saturated carbocycles. The summed E-state index contributed by atoms with van der Waals surface area (Å²) in [5.41, 5.74) is 5.51. The molecule has 2 aromatic rings. The highest BCUT2D eigenvalue weighted by Gasteiger charge is 2.07. The largest absolute Gasteiger partial charge is 0.374 e. The Bertz CT molecular complexity index is 735. The summed E-state index contributed by atoms with van der Waals surface area (Å²) in [6.07, 6.45) is 5.23. The average molecular weight is 451 g/mol. The first-order valence-corrected chi connectivity index (χ1v) is 8.88. The van der Waals surface area contributed by atoms with Crippen LogP contribution < -0.4 is 10.7 Å². The second-order valence-corrected chi connectivity index (χ2v) is 6.75. The van der Waals surface area contributed by atoms with E-state index >= 15 is 0 Å². The molecule has 0 bridgehead atoms. The van der Waals surface area contributed by atoms with Gasteiger partial charge < -0.3 is 5.32 Å². The van der Waals surface area contributed by atoms with Crippen molar-refractivity contribution in [3.63, 3.8) is 0 Å². The number of hydrogen-bond acceptors (Lipinski definition) is 3. The van der Waals surface area contributed by atoms with Gasteiger partial charge in [-0.15, -0.1) is 0 Å². The number of benzene rings is 2. The highest BCUT2D eigenvalue weighted by atomic mass is 79.9. The summed E-state index contributed by atoms with van der Waals surface area (Å²) >= 11 is 6.96. The van der Waals surface area contributed by atoms with Crippen molar-refractivity contribution in [2.45, 2.75) is 6.92 Å². The monoisotopic (exact) mass is 449 g/mol. The second-order valence-electron chi connectivity index (χ2n) is 5.04. The molecular formula is C18H17Br2N3O. The molecule has 0 atom stereocenters. The summed E-state index contributed by atoms with van der Waals surface area (Å²) in [5, 5.41) is 6.96. The third-order valence-electron chi connectivity index (χ3n) is 3.05. The minimum Gasteiger partial charge on any atom is -0.374 e. The minimum atomic E-state index is -0.223. The lowest BCUT2D eigenvalue weighted by Crippen LogP contribution is -2.26. The van der Waals surface area contributed by atoms with Crippen LogP contribution in [0.5, 0.6) is 0 Å². The predicted octanol–water partition coefficient (Wildman–Crippen LogP) is 4.75. The van der Waals surface area contributed by atoms with Crippen LogP contribution in [0.25, 0.3) is 6.08 Å². The SMILES string of the molecule is Cc1cc(Br)c(NCC(=O)N/N=C\C=C\c2ccccc2)c(Br)c1. The molecule has 6 heteroatoms. The standard InChI is InChI=1S/C18H17Br2N3O/c1-13-10-15(19)18(16(20)11-13)21-12-17(24)23-22-9-5-8-14-6-3-2-4-7-14/h2-11,21H,12H2,1H3,(H,23,24)/b8-5+,22-9-. The lowest BCUT2D eigenvalue weighted by Gasteiger charge is -2.10. The summed E-state index contributed by atoms with van der Waals surface area (Å²) in [6, 6.07) is 13.8. The molecule has 124 valence electrons. The molecule has 0 aliphatic heterocycles. The number of carbonyl (C=O) groups excluding carboxylic acids is 1. The second kappa shape index (κ2) is 9.39. The first-order chi connectivity index (χ1) is 11.6. The van der Waals surface area contributed by atoms with Crippen LogP contribution in [-0.4, -0.2) is 18.7 Å². The molecule has 2 aromatic carbocycles. The van der Waals surface area contributed by atoms with E-state index in [9.17, 15) is 4.79 Å². The van der Waals surface area contributed by atoms with Crippen molar-refractivity contribution in [2.75, 3.05) is 11.9 Å². The Kier molecular flexibility index (Phi) is 7.21. The topological polar surface area (TPSA) is 53.5 Å². The number of carbonyl (C=O) groups is 1. The van der Waals surface area contributed by atoms with Gasteiger partial charge in [-0.25, -0.2) is 5.43 Å². The van der Waals surface area contributed by atoms with Gasteiger partial charge in [-0.05, 0) is 68.1 Å². The third kappa shape index (κ3) is 5.94. The number of hydrogen-bond donors (Lipinski definition) is 2. The number of amides is 1. The molecule has 2 rings (SSSR count). The summed E-state index contributed by atoms with van der Waals surface area (Å²) in [7, 11) is 0. The Balaban J connectivity index is 1.80. The van der Waals surface area contributed by atoms with Gasteiger partial charge in [0.15, 0.2) is 0 Å². The maximum atomic E-state index is 11.8. The molecule has 4 nitrogen and oxygen atoms in total. The Morgan fingerprint density at radius 3 is 2.50 bits per heavy atom. The van der Waals surface area contributed by atoms with Crippen LogP contribution in [0, 0.1) is 6.92 Å². The number of nitrogens with one attached hydrogen (secondary N) is 2. The fourth-order valence-corrected chi connectivity index (χ4v) is 3.64. The summed E-state index contributed by atoms with van der Waals surface area (Å²) < 4.78 is 1.80. The molecule has 1 amide bonds. The van der Waals surface area contributed by atoms with Gasteiger partial charge in [0.25, 0.3) is 5.91 Å². The third-order valence-corrected chi connectivity index (χ3v) is 4.30. The van der Waals surface area contributed by atoms with Crippen molar-refractivity contribution in [1.29, 1.82) is 0 Å². The smallest absolute Gasteiger partial charge is 0.259 e. The van der Waals surface area contributed by atoms with E-state index in [0.29, 0.717) is 0 Å². The van der Waals surface area contributed by atoms with Crippen LogP contribution in [0.1, 0.15) is 11.1 Å². The number of halogens is 2. The zero-order valence-electron chi connectivity index (χ0n) is 13.1. The first kappa shape index (κ1) is 18.4. The molecule has 0 aromatic heterocycles. The molecule has 0 fully saturated rings. The van der Waals surface area contributed by atoms with Crippen molar-refractivity contribution in [3.8, 4) is 0 Å². The molecule has 0 spiro atoms. The summed E-state index contributed by atoms with van der Waals surface area (Å²) in [6.45, 7) is 2.13. The van der Waals surface area contributed by atoms with Gasteiger partial charge in [-0.3, -0.25) is 4.79 Å². The molecular weight excluding hydrogens is 434 g/mol. The number of aryl methyl sites for hydroxylation is 1. The highest BCUT2D eigenvalue weighted by Crippen LogP contribution is 2.31. The van der Waals surface area contributed by atoms with E-state index in [2.05, 4.69) is 47.7 Å². The molecule has 0 unspecified atom stereocenters. The molecule has 0 aliphatic carbocycles. The number of allylic oxidation sites excluding steroid dienone is 1. The number of anilines is 1. The van der Waals surface area contributed by atoms with Gasteiger partial charge in [0, 0.05) is 15.2 Å². The lowest BCUT2D eigenvalue weighted by molar-refractivity contribution is -0.119. The zero-order valence-corrected chi connectivity index (χ0v) is 16.3. The van der Waals surface area contributed by atoms with Crippen LogP contribution in [-0.2, 0) is 4.79 Å². The van der Waals surface area contributed by atoms with Crippen molar-refractivity contribution in [3.05, 3.63) is 68.6 Å². The first-order valence-electron chi connectivity index (χ1n) is 7.29. The van der Waals surface area contributed by atoms with Gasteiger partial charge in [0.05, 0.1) is 12.2 Å². The van der Waals surface area contributed by atoms with Crippen LogP contribution in [0.15, 0.2) is 62.6 Å². The zero-order chi connectivity index (χ0) is 17.4. The fraction of sp³-hybridized carbons (Fsp3) is 0.111. The van der Waals surface area contributed by atoms with Crippen LogP contribution >= 0.6 is 31.9 Å². The summed E-state index contributed by atoms with van der Waals surface area (Å²) in [4.78, 5) is 11.8. The highest BCUT2D eigenvalue weighted by molar-refractivity contribution is 9.11. The van der Waals surface area contributed by atoms with E-state index in [0.717, 1.165) is 25.8 Å². The Hall–Kier alpha value is -1.92. The molecule has 2 N–H and O–H groups in total. The van der Waals surface area contributed by atoms with Crippen LogP contribution in [0.3, 0.4) is 0 Å². The van der Waals surface area contributed by atoms with E-state index in [1.54, 1.807) is 12.3 Å². The normalized spacial score (nSPS) is 11.1. The Morgan fingerprint density at radius 2 is 1.83 bits per heavy atom. The van der Waals surface area contributed by atoms with Gasteiger partial charge in [-0.2, -0.15) is 5.10 Å². The van der Waals surface area contributed by atoms with E-state index < -0.39 is 0 Å². The maximum Gasteiger partial charge on any atom is 0.259 e. The van der Waals surface area contributed by atoms with Gasteiger partial charge in [-0.1, -0.05) is 36.4 Å². The number of nitrogens with zero attached hydrogens (tertiary/aromatic N) is 1.